The highest BCUT2D eigenvalue weighted by molar-refractivity contribution is 7.12. The Morgan fingerprint density at radius 1 is 0.917 bits per heavy atom. The summed E-state index contributed by atoms with van der Waals surface area (Å²) in [6.45, 7) is 1.43. The number of anilines is 2. The molecule has 0 aliphatic carbocycles. The van der Waals surface area contributed by atoms with Gasteiger partial charge in [-0.25, -0.2) is 0 Å². The maximum absolute atomic E-state index is 12.4. The number of hydrogen-bond acceptors (Lipinski definition) is 4. The van der Waals surface area contributed by atoms with Gasteiger partial charge < -0.3 is 10.6 Å². The summed E-state index contributed by atoms with van der Waals surface area (Å²) in [5.41, 5.74) is 1.23. The Bertz CT molecular complexity index is 977. The van der Waals surface area contributed by atoms with Gasteiger partial charge in [-0.3, -0.25) is 14.4 Å². The van der Waals surface area contributed by atoms with Crippen LogP contribution in [0, 0.1) is 0 Å². The molecule has 6 heteroatoms. The minimum Gasteiger partial charge on any atom is -0.326 e. The third kappa shape index (κ3) is 3.49. The summed E-state index contributed by atoms with van der Waals surface area (Å²) in [5, 5.41) is 6.76. The number of carbonyl (C=O) groups excluding carboxylic acids is 2. The fourth-order valence-electron chi connectivity index (χ4n) is 2.28. The third-order valence-electron chi connectivity index (χ3n) is 3.36. The number of nitrogens with one attached hydrogen (secondary N) is 2. The predicted molar refractivity (Wildman–Crippen MR) is 96.8 cm³/mol. The number of benzene rings is 2. The fourth-order valence-corrected chi connectivity index (χ4v) is 3.10. The van der Waals surface area contributed by atoms with Crippen LogP contribution in [0.25, 0.3) is 10.8 Å². The van der Waals surface area contributed by atoms with Crippen molar-refractivity contribution in [3.8, 4) is 0 Å². The van der Waals surface area contributed by atoms with Crippen LogP contribution in [0.2, 0.25) is 0 Å². The second-order valence-corrected chi connectivity index (χ2v) is 6.21. The van der Waals surface area contributed by atoms with Gasteiger partial charge in [0.25, 0.3) is 5.91 Å². The van der Waals surface area contributed by atoms with Gasteiger partial charge in [-0.2, -0.15) is 0 Å². The summed E-state index contributed by atoms with van der Waals surface area (Å²) >= 11 is 0.921. The predicted octanol–water partition coefficient (Wildman–Crippen LogP) is 3.47. The van der Waals surface area contributed by atoms with Crippen LogP contribution in [-0.4, -0.2) is 11.8 Å². The highest BCUT2D eigenvalue weighted by Crippen LogP contribution is 2.18. The smallest absolute Gasteiger partial charge is 0.265 e. The molecule has 3 rings (SSSR count). The van der Waals surface area contributed by atoms with Crippen LogP contribution in [0.5, 0.6) is 0 Å². The van der Waals surface area contributed by atoms with E-state index in [2.05, 4.69) is 10.6 Å². The first kappa shape index (κ1) is 15.9. The average Bonchev–Trinajstić information content (AvgIpc) is 2.56. The Kier molecular flexibility index (Phi) is 4.39. The van der Waals surface area contributed by atoms with Crippen LogP contribution in [0.3, 0.4) is 0 Å². The molecule has 0 fully saturated rings. The Balaban J connectivity index is 1.82. The standard InChI is InChI=1S/C18H14N2O3S/c1-11(21)19-13-6-8-14(9-7-13)20-17(22)16-10-12-4-2-3-5-15(12)18(23)24-16/h2-10H,1H3,(H,19,21)(H,20,22). The molecule has 24 heavy (non-hydrogen) atoms. The summed E-state index contributed by atoms with van der Waals surface area (Å²) in [6, 6.07) is 15.7. The molecule has 0 unspecified atom stereocenters. The van der Waals surface area contributed by atoms with Crippen molar-refractivity contribution in [2.24, 2.45) is 0 Å². The second kappa shape index (κ2) is 6.64. The lowest BCUT2D eigenvalue weighted by atomic mass is 10.2. The van der Waals surface area contributed by atoms with Gasteiger partial charge in [-0.15, -0.1) is 0 Å². The summed E-state index contributed by atoms with van der Waals surface area (Å²) in [5.74, 6) is -0.497. The SMILES string of the molecule is CC(=O)Nc1ccc(NC(=O)c2cc3ccccc3c(=O)s2)cc1. The zero-order valence-corrected chi connectivity index (χ0v) is 13.6. The lowest BCUT2D eigenvalue weighted by Crippen LogP contribution is -2.13. The van der Waals surface area contributed by atoms with Crippen molar-refractivity contribution in [1.29, 1.82) is 0 Å². The molecule has 0 aliphatic rings. The van der Waals surface area contributed by atoms with Crippen molar-refractivity contribution in [2.45, 2.75) is 6.92 Å². The molecular weight excluding hydrogens is 324 g/mol. The molecule has 120 valence electrons. The Morgan fingerprint density at radius 2 is 1.54 bits per heavy atom. The Morgan fingerprint density at radius 3 is 2.21 bits per heavy atom. The average molecular weight is 338 g/mol. The van der Waals surface area contributed by atoms with Crippen LogP contribution in [0.4, 0.5) is 11.4 Å². The van der Waals surface area contributed by atoms with Crippen molar-refractivity contribution < 1.29 is 9.59 Å². The molecule has 0 aliphatic heterocycles. The van der Waals surface area contributed by atoms with Gasteiger partial charge in [-0.05, 0) is 41.8 Å². The summed E-state index contributed by atoms with van der Waals surface area (Å²) in [4.78, 5) is 35.8. The van der Waals surface area contributed by atoms with Gasteiger partial charge >= 0.3 is 0 Å². The van der Waals surface area contributed by atoms with E-state index in [0.717, 1.165) is 16.7 Å². The van der Waals surface area contributed by atoms with E-state index in [4.69, 9.17) is 0 Å². The summed E-state index contributed by atoms with van der Waals surface area (Å²) in [6.07, 6.45) is 0. The first-order valence-electron chi connectivity index (χ1n) is 7.25. The number of carbonyl (C=O) groups is 2. The lowest BCUT2D eigenvalue weighted by molar-refractivity contribution is -0.114. The van der Waals surface area contributed by atoms with Gasteiger partial charge in [0, 0.05) is 23.7 Å². The van der Waals surface area contributed by atoms with Crippen LogP contribution in [0.15, 0.2) is 59.4 Å². The van der Waals surface area contributed by atoms with E-state index < -0.39 is 0 Å². The summed E-state index contributed by atoms with van der Waals surface area (Å²) in [7, 11) is 0. The highest BCUT2D eigenvalue weighted by Gasteiger charge is 2.10. The number of rotatable bonds is 3. The van der Waals surface area contributed by atoms with E-state index in [9.17, 15) is 14.4 Å². The monoisotopic (exact) mass is 338 g/mol. The molecule has 1 heterocycles. The highest BCUT2D eigenvalue weighted by atomic mass is 32.1. The van der Waals surface area contributed by atoms with E-state index in [-0.39, 0.29) is 16.6 Å². The topological polar surface area (TPSA) is 75.3 Å². The maximum Gasteiger partial charge on any atom is 0.265 e. The van der Waals surface area contributed by atoms with E-state index in [1.165, 1.54) is 6.92 Å². The van der Waals surface area contributed by atoms with Crippen molar-refractivity contribution in [1.82, 2.24) is 0 Å². The van der Waals surface area contributed by atoms with E-state index in [1.54, 1.807) is 42.5 Å². The first-order valence-corrected chi connectivity index (χ1v) is 8.06. The number of fused-ring (bicyclic) bond motifs is 1. The van der Waals surface area contributed by atoms with Crippen LogP contribution in [-0.2, 0) is 4.79 Å². The van der Waals surface area contributed by atoms with Crippen LogP contribution >= 0.6 is 11.3 Å². The maximum atomic E-state index is 12.4. The minimum atomic E-state index is -0.338. The molecule has 2 N–H and O–H groups in total. The normalized spacial score (nSPS) is 10.4. The van der Waals surface area contributed by atoms with Gasteiger partial charge in [0.15, 0.2) is 0 Å². The molecule has 0 saturated heterocycles. The zero-order chi connectivity index (χ0) is 17.1. The quantitative estimate of drug-likeness (QED) is 0.768. The Labute approximate surface area is 142 Å². The van der Waals surface area contributed by atoms with Crippen molar-refractivity contribution in [3.63, 3.8) is 0 Å². The molecular formula is C18H14N2O3S. The molecule has 2 amide bonds. The Hall–Kier alpha value is -2.99. The molecule has 2 aromatic carbocycles. The van der Waals surface area contributed by atoms with Gasteiger partial charge in [0.2, 0.25) is 10.6 Å². The molecule has 0 atom stereocenters. The van der Waals surface area contributed by atoms with E-state index >= 15 is 0 Å². The summed E-state index contributed by atoms with van der Waals surface area (Å²) < 4.78 is -0.140. The van der Waals surface area contributed by atoms with Crippen molar-refractivity contribution in [2.75, 3.05) is 10.6 Å². The van der Waals surface area contributed by atoms with E-state index in [0.29, 0.717) is 21.6 Å². The molecule has 1 aromatic heterocycles. The van der Waals surface area contributed by atoms with Crippen LogP contribution in [0.1, 0.15) is 16.6 Å². The largest absolute Gasteiger partial charge is 0.326 e. The molecule has 5 nitrogen and oxygen atoms in total. The molecule has 0 bridgehead atoms. The molecule has 3 aromatic rings. The minimum absolute atomic E-state index is 0.140. The third-order valence-corrected chi connectivity index (χ3v) is 4.29. The number of amides is 2. The van der Waals surface area contributed by atoms with Gasteiger partial charge in [0.1, 0.15) is 0 Å². The molecule has 0 saturated carbocycles. The molecule has 0 radical (unpaired) electrons. The number of hydrogen-bond donors (Lipinski definition) is 2. The van der Waals surface area contributed by atoms with Crippen molar-refractivity contribution in [3.05, 3.63) is 69.0 Å². The first-order chi connectivity index (χ1) is 11.5. The van der Waals surface area contributed by atoms with Crippen LogP contribution < -0.4 is 15.4 Å². The lowest BCUT2D eigenvalue weighted by Gasteiger charge is -2.07. The van der Waals surface area contributed by atoms with E-state index in [1.807, 2.05) is 12.1 Å². The van der Waals surface area contributed by atoms with Gasteiger partial charge in [-0.1, -0.05) is 29.5 Å². The zero-order valence-electron chi connectivity index (χ0n) is 12.8. The fraction of sp³-hybridized carbons (Fsp3) is 0.0556. The van der Waals surface area contributed by atoms with Gasteiger partial charge in [0.05, 0.1) is 4.88 Å². The van der Waals surface area contributed by atoms with Crippen molar-refractivity contribution >= 4 is 45.3 Å². The molecule has 0 spiro atoms. The second-order valence-electron chi connectivity index (χ2n) is 5.20.